The zero-order valence-electron chi connectivity index (χ0n) is 13.2. The third-order valence-corrected chi connectivity index (χ3v) is 4.29. The van der Waals surface area contributed by atoms with Crippen molar-refractivity contribution in [2.24, 2.45) is 5.73 Å². The lowest BCUT2D eigenvalue weighted by Crippen LogP contribution is -2.38. The summed E-state index contributed by atoms with van der Waals surface area (Å²) < 4.78 is 0. The lowest BCUT2D eigenvalue weighted by atomic mass is 10.0. The lowest BCUT2D eigenvalue weighted by molar-refractivity contribution is 0.0947. The fraction of sp³-hybridized carbons (Fsp3) is 0.625. The first-order valence-electron chi connectivity index (χ1n) is 8.09. The molecule has 2 amide bonds. The molecule has 1 aromatic heterocycles. The van der Waals surface area contributed by atoms with Crippen molar-refractivity contribution < 1.29 is 9.59 Å². The molecule has 122 valence electrons. The van der Waals surface area contributed by atoms with Gasteiger partial charge in [-0.05, 0) is 57.8 Å². The van der Waals surface area contributed by atoms with Crippen LogP contribution in [0, 0.1) is 0 Å². The van der Waals surface area contributed by atoms with Crippen molar-refractivity contribution in [3.05, 3.63) is 23.5 Å². The number of hydrogen-bond donors (Lipinski definition) is 3. The van der Waals surface area contributed by atoms with Gasteiger partial charge in [0.2, 0.25) is 0 Å². The van der Waals surface area contributed by atoms with Gasteiger partial charge in [0, 0.05) is 12.6 Å². The van der Waals surface area contributed by atoms with Crippen molar-refractivity contribution >= 4 is 11.8 Å². The summed E-state index contributed by atoms with van der Waals surface area (Å²) in [7, 11) is 0. The number of piperidine rings is 1. The predicted molar refractivity (Wildman–Crippen MR) is 85.8 cm³/mol. The second-order valence-electron chi connectivity index (χ2n) is 5.99. The molecule has 0 saturated carbocycles. The number of unbranched alkanes of at least 4 members (excludes halogenated alkanes) is 1. The highest BCUT2D eigenvalue weighted by Gasteiger charge is 2.17. The van der Waals surface area contributed by atoms with Crippen LogP contribution in [0.5, 0.6) is 0 Å². The van der Waals surface area contributed by atoms with Crippen molar-refractivity contribution in [2.75, 3.05) is 19.6 Å². The Labute approximate surface area is 131 Å². The molecule has 0 bridgehead atoms. The Morgan fingerprint density at radius 2 is 2.09 bits per heavy atom. The van der Waals surface area contributed by atoms with E-state index in [2.05, 4.69) is 22.1 Å². The number of nitrogens with one attached hydrogen (secondary N) is 2. The molecule has 1 fully saturated rings. The van der Waals surface area contributed by atoms with Gasteiger partial charge in [-0.15, -0.1) is 0 Å². The molecule has 1 saturated heterocycles. The SMILES string of the molecule is CC1CCCCN1CCCCNC(=O)c1ccc(C(N)=O)[nH]1. The smallest absolute Gasteiger partial charge is 0.267 e. The summed E-state index contributed by atoms with van der Waals surface area (Å²) in [6.07, 6.45) is 5.99. The van der Waals surface area contributed by atoms with Crippen molar-refractivity contribution in [3.63, 3.8) is 0 Å². The number of likely N-dealkylation sites (tertiary alicyclic amines) is 1. The number of rotatable bonds is 7. The van der Waals surface area contributed by atoms with Gasteiger partial charge in [0.25, 0.3) is 11.8 Å². The van der Waals surface area contributed by atoms with Crippen molar-refractivity contribution in [1.82, 2.24) is 15.2 Å². The number of aromatic amines is 1. The summed E-state index contributed by atoms with van der Waals surface area (Å²) in [5, 5.41) is 2.86. The van der Waals surface area contributed by atoms with E-state index in [-0.39, 0.29) is 11.6 Å². The second-order valence-corrected chi connectivity index (χ2v) is 5.99. The maximum Gasteiger partial charge on any atom is 0.267 e. The Hall–Kier alpha value is -1.82. The van der Waals surface area contributed by atoms with Gasteiger partial charge in [-0.2, -0.15) is 0 Å². The van der Waals surface area contributed by atoms with Crippen LogP contribution in [0.1, 0.15) is 60.0 Å². The van der Waals surface area contributed by atoms with Gasteiger partial charge in [-0.25, -0.2) is 0 Å². The number of nitrogens with zero attached hydrogens (tertiary/aromatic N) is 1. The van der Waals surface area contributed by atoms with Crippen molar-refractivity contribution in [1.29, 1.82) is 0 Å². The van der Waals surface area contributed by atoms with E-state index in [9.17, 15) is 9.59 Å². The largest absolute Gasteiger partial charge is 0.364 e. The average Bonchev–Trinajstić information content (AvgIpc) is 2.98. The predicted octanol–water partition coefficient (Wildman–Crippen LogP) is 1.50. The van der Waals surface area contributed by atoms with Crippen LogP contribution in [0.4, 0.5) is 0 Å². The summed E-state index contributed by atoms with van der Waals surface area (Å²) >= 11 is 0. The van der Waals surface area contributed by atoms with E-state index >= 15 is 0 Å². The van der Waals surface area contributed by atoms with E-state index in [1.807, 2.05) is 0 Å². The minimum atomic E-state index is -0.560. The minimum Gasteiger partial charge on any atom is -0.364 e. The monoisotopic (exact) mass is 306 g/mol. The molecular weight excluding hydrogens is 280 g/mol. The molecule has 6 heteroatoms. The quantitative estimate of drug-likeness (QED) is 0.667. The van der Waals surface area contributed by atoms with Gasteiger partial charge < -0.3 is 20.9 Å². The summed E-state index contributed by atoms with van der Waals surface area (Å²) in [5.74, 6) is -0.756. The number of carbonyl (C=O) groups excluding carboxylic acids is 2. The van der Waals surface area contributed by atoms with Crippen LogP contribution in [-0.2, 0) is 0 Å². The van der Waals surface area contributed by atoms with Crippen LogP contribution in [-0.4, -0.2) is 47.4 Å². The lowest BCUT2D eigenvalue weighted by Gasteiger charge is -2.33. The molecule has 1 unspecified atom stereocenters. The first-order chi connectivity index (χ1) is 10.6. The van der Waals surface area contributed by atoms with Crippen molar-refractivity contribution in [2.45, 2.75) is 45.1 Å². The molecule has 22 heavy (non-hydrogen) atoms. The maximum absolute atomic E-state index is 11.9. The second kappa shape index (κ2) is 7.98. The molecule has 1 atom stereocenters. The zero-order chi connectivity index (χ0) is 15.9. The Bertz CT molecular complexity index is 512. The third-order valence-electron chi connectivity index (χ3n) is 4.29. The number of hydrogen-bond acceptors (Lipinski definition) is 3. The molecule has 4 N–H and O–H groups in total. The topological polar surface area (TPSA) is 91.2 Å². The van der Waals surface area contributed by atoms with Crippen LogP contribution in [0.3, 0.4) is 0 Å². The molecular formula is C16H26N4O2. The third kappa shape index (κ3) is 4.59. The summed E-state index contributed by atoms with van der Waals surface area (Å²) in [5.41, 5.74) is 5.77. The van der Waals surface area contributed by atoms with E-state index in [4.69, 9.17) is 5.73 Å². The van der Waals surface area contributed by atoms with Gasteiger partial charge >= 0.3 is 0 Å². The van der Waals surface area contributed by atoms with E-state index in [0.29, 0.717) is 18.3 Å². The zero-order valence-corrected chi connectivity index (χ0v) is 13.2. The van der Waals surface area contributed by atoms with E-state index in [1.165, 1.54) is 31.9 Å². The first kappa shape index (κ1) is 16.5. The number of primary amides is 1. The molecule has 1 aliphatic heterocycles. The fourth-order valence-electron chi connectivity index (χ4n) is 2.90. The normalized spacial score (nSPS) is 19.0. The van der Waals surface area contributed by atoms with E-state index < -0.39 is 5.91 Å². The van der Waals surface area contributed by atoms with Gasteiger partial charge in [-0.3, -0.25) is 9.59 Å². The summed E-state index contributed by atoms with van der Waals surface area (Å²) in [4.78, 5) is 28.1. The van der Waals surface area contributed by atoms with E-state index in [0.717, 1.165) is 19.4 Å². The van der Waals surface area contributed by atoms with Crippen LogP contribution in [0.25, 0.3) is 0 Å². The highest BCUT2D eigenvalue weighted by atomic mass is 16.2. The Morgan fingerprint density at radius 1 is 1.32 bits per heavy atom. The molecule has 1 aromatic rings. The van der Waals surface area contributed by atoms with Gasteiger partial charge in [0.1, 0.15) is 11.4 Å². The van der Waals surface area contributed by atoms with Crippen LogP contribution in [0.2, 0.25) is 0 Å². The molecule has 0 radical (unpaired) electrons. The molecule has 0 aromatic carbocycles. The standard InChI is InChI=1S/C16H26N4O2/c1-12-6-2-4-10-20(12)11-5-3-9-18-16(22)14-8-7-13(19-14)15(17)21/h7-8,12,19H,2-6,9-11H2,1H3,(H2,17,21)(H,18,22). The Balaban J connectivity index is 1.63. The van der Waals surface area contributed by atoms with Gasteiger partial charge in [-0.1, -0.05) is 6.42 Å². The number of H-pyrrole nitrogens is 1. The Kier molecular flexibility index (Phi) is 6.00. The van der Waals surface area contributed by atoms with Crippen LogP contribution in [0.15, 0.2) is 12.1 Å². The molecule has 2 rings (SSSR count). The molecule has 1 aliphatic rings. The Morgan fingerprint density at radius 3 is 2.77 bits per heavy atom. The highest BCUT2D eigenvalue weighted by molar-refractivity contribution is 5.96. The number of aromatic nitrogens is 1. The van der Waals surface area contributed by atoms with Crippen LogP contribution >= 0.6 is 0 Å². The number of nitrogens with two attached hydrogens (primary N) is 1. The van der Waals surface area contributed by atoms with Gasteiger partial charge in [0.05, 0.1) is 0 Å². The molecule has 0 spiro atoms. The number of carbonyl (C=O) groups is 2. The number of amides is 2. The molecule has 2 heterocycles. The van der Waals surface area contributed by atoms with Crippen LogP contribution < -0.4 is 11.1 Å². The maximum atomic E-state index is 11.9. The highest BCUT2D eigenvalue weighted by Crippen LogP contribution is 2.16. The summed E-state index contributed by atoms with van der Waals surface area (Å²) in [6, 6.07) is 3.79. The van der Waals surface area contributed by atoms with E-state index in [1.54, 1.807) is 6.07 Å². The van der Waals surface area contributed by atoms with Crippen molar-refractivity contribution in [3.8, 4) is 0 Å². The average molecular weight is 306 g/mol. The molecule has 6 nitrogen and oxygen atoms in total. The summed E-state index contributed by atoms with van der Waals surface area (Å²) in [6.45, 7) is 5.24. The minimum absolute atomic E-state index is 0.196. The first-order valence-corrected chi connectivity index (χ1v) is 8.09. The molecule has 0 aliphatic carbocycles. The van der Waals surface area contributed by atoms with Gasteiger partial charge in [0.15, 0.2) is 0 Å². The fourth-order valence-corrected chi connectivity index (χ4v) is 2.90.